The van der Waals surface area contributed by atoms with Crippen LogP contribution < -0.4 is 10.1 Å². The Hall–Kier alpha value is -2.64. The molecule has 0 aromatic carbocycles. The number of ether oxygens (including phenoxy) is 1. The molecule has 0 unspecified atom stereocenters. The van der Waals surface area contributed by atoms with Gasteiger partial charge in [0.15, 0.2) is 6.61 Å². The molecule has 138 valence electrons. The molecule has 0 aliphatic heterocycles. The fourth-order valence-electron chi connectivity index (χ4n) is 3.04. The first-order valence-corrected chi connectivity index (χ1v) is 8.33. The maximum Gasteiger partial charge on any atom is 0.422 e. The molecule has 0 atom stereocenters. The van der Waals surface area contributed by atoms with Crippen molar-refractivity contribution in [3.63, 3.8) is 0 Å². The molecule has 0 radical (unpaired) electrons. The van der Waals surface area contributed by atoms with E-state index in [9.17, 15) is 18.0 Å². The summed E-state index contributed by atoms with van der Waals surface area (Å²) in [7, 11) is 0. The lowest BCUT2D eigenvalue weighted by Crippen LogP contribution is -2.20. The number of anilines is 1. The van der Waals surface area contributed by atoms with Gasteiger partial charge in [0.25, 0.3) is 5.91 Å². The van der Waals surface area contributed by atoms with E-state index in [1.807, 2.05) is 0 Å². The minimum Gasteiger partial charge on any atom is -0.468 e. The predicted octanol–water partition coefficient (Wildman–Crippen LogP) is 4.33. The number of nitrogens with zero attached hydrogens (tertiary/aromatic N) is 2. The first-order valence-electron chi connectivity index (χ1n) is 8.33. The third-order valence-electron chi connectivity index (χ3n) is 4.23. The lowest BCUT2D eigenvalue weighted by molar-refractivity contribution is -0.154. The van der Waals surface area contributed by atoms with Crippen molar-refractivity contribution in [1.29, 1.82) is 0 Å². The summed E-state index contributed by atoms with van der Waals surface area (Å²) in [6.45, 7) is -1.39. The van der Waals surface area contributed by atoms with Crippen LogP contribution in [0, 0.1) is 0 Å². The Bertz CT molecular complexity index is 760. The van der Waals surface area contributed by atoms with Gasteiger partial charge < -0.3 is 10.1 Å². The Balaban J connectivity index is 1.81. The Morgan fingerprint density at radius 3 is 2.69 bits per heavy atom. The van der Waals surface area contributed by atoms with E-state index >= 15 is 0 Å². The van der Waals surface area contributed by atoms with Gasteiger partial charge in [-0.3, -0.25) is 9.78 Å². The first-order chi connectivity index (χ1) is 12.4. The molecule has 2 aromatic rings. The number of aromatic nitrogens is 2. The second-order valence-corrected chi connectivity index (χ2v) is 6.20. The quantitative estimate of drug-likeness (QED) is 0.857. The number of halogens is 3. The van der Waals surface area contributed by atoms with E-state index in [0.717, 1.165) is 25.7 Å². The average Bonchev–Trinajstić information content (AvgIpc) is 3.15. The number of hydrogen-bond acceptors (Lipinski definition) is 4. The monoisotopic (exact) mass is 365 g/mol. The van der Waals surface area contributed by atoms with E-state index in [2.05, 4.69) is 15.3 Å². The zero-order chi connectivity index (χ0) is 18.6. The van der Waals surface area contributed by atoms with Gasteiger partial charge >= 0.3 is 6.18 Å². The molecule has 2 heterocycles. The van der Waals surface area contributed by atoms with Gasteiger partial charge in [0.2, 0.25) is 5.88 Å². The number of carbonyl (C=O) groups is 1. The number of nitrogens with one attached hydrogen (secondary N) is 1. The van der Waals surface area contributed by atoms with Gasteiger partial charge in [0.1, 0.15) is 0 Å². The van der Waals surface area contributed by atoms with Crippen LogP contribution in [0.15, 0.2) is 36.8 Å². The van der Waals surface area contributed by atoms with E-state index in [0.29, 0.717) is 16.8 Å². The summed E-state index contributed by atoms with van der Waals surface area (Å²) < 4.78 is 42.3. The molecule has 1 aliphatic rings. The Labute approximate surface area is 148 Å². The molecule has 5 nitrogen and oxygen atoms in total. The van der Waals surface area contributed by atoms with Gasteiger partial charge in [0.05, 0.1) is 17.4 Å². The van der Waals surface area contributed by atoms with Crippen LogP contribution in [0.4, 0.5) is 18.9 Å². The molecular weight excluding hydrogens is 347 g/mol. The van der Waals surface area contributed by atoms with E-state index in [4.69, 9.17) is 4.74 Å². The standard InChI is InChI=1S/C18H18F3N3O2/c19-18(20,21)11-26-17-15(12-4-1-2-5-12)8-14(10-23-17)24-16(25)13-6-3-7-22-9-13/h3,6-10,12H,1-2,4-5,11H2,(H,24,25). The largest absolute Gasteiger partial charge is 0.468 e. The van der Waals surface area contributed by atoms with Gasteiger partial charge in [-0.2, -0.15) is 13.2 Å². The van der Waals surface area contributed by atoms with Crippen molar-refractivity contribution in [3.8, 4) is 5.88 Å². The van der Waals surface area contributed by atoms with Crippen molar-refractivity contribution < 1.29 is 22.7 Å². The zero-order valence-electron chi connectivity index (χ0n) is 13.9. The van der Waals surface area contributed by atoms with Crippen LogP contribution in [-0.2, 0) is 0 Å². The van der Waals surface area contributed by atoms with E-state index in [1.165, 1.54) is 12.4 Å². The molecule has 26 heavy (non-hydrogen) atoms. The number of amides is 1. The van der Waals surface area contributed by atoms with Crippen molar-refractivity contribution in [1.82, 2.24) is 9.97 Å². The lowest BCUT2D eigenvalue weighted by atomic mass is 9.98. The second-order valence-electron chi connectivity index (χ2n) is 6.20. The summed E-state index contributed by atoms with van der Waals surface area (Å²) in [5, 5.41) is 2.70. The predicted molar refractivity (Wildman–Crippen MR) is 89.2 cm³/mol. The van der Waals surface area contributed by atoms with Crippen LogP contribution >= 0.6 is 0 Å². The minimum atomic E-state index is -4.43. The highest BCUT2D eigenvalue weighted by molar-refractivity contribution is 6.04. The summed E-state index contributed by atoms with van der Waals surface area (Å²) in [6.07, 6.45) is 3.62. The third kappa shape index (κ3) is 4.71. The molecule has 1 saturated carbocycles. The Kier molecular flexibility index (Phi) is 5.39. The number of hydrogen-bond donors (Lipinski definition) is 1. The van der Waals surface area contributed by atoms with E-state index in [1.54, 1.807) is 24.4 Å². The number of rotatable bonds is 5. The van der Waals surface area contributed by atoms with Crippen LogP contribution in [0.3, 0.4) is 0 Å². The van der Waals surface area contributed by atoms with Crippen LogP contribution in [0.5, 0.6) is 5.88 Å². The fourth-order valence-corrected chi connectivity index (χ4v) is 3.04. The summed E-state index contributed by atoms with van der Waals surface area (Å²) in [5.74, 6) is -0.296. The summed E-state index contributed by atoms with van der Waals surface area (Å²) >= 11 is 0. The highest BCUT2D eigenvalue weighted by Crippen LogP contribution is 2.39. The summed E-state index contributed by atoms with van der Waals surface area (Å²) in [4.78, 5) is 20.1. The molecule has 1 N–H and O–H groups in total. The Morgan fingerprint density at radius 2 is 2.04 bits per heavy atom. The summed E-state index contributed by atoms with van der Waals surface area (Å²) in [5.41, 5.74) is 1.41. The number of carbonyl (C=O) groups excluding carboxylic acids is 1. The van der Waals surface area contributed by atoms with Gasteiger partial charge in [-0.1, -0.05) is 12.8 Å². The maximum absolute atomic E-state index is 12.5. The highest BCUT2D eigenvalue weighted by Gasteiger charge is 2.30. The molecule has 2 aromatic heterocycles. The van der Waals surface area contributed by atoms with Gasteiger partial charge in [-0.05, 0) is 37.0 Å². The summed E-state index contributed by atoms with van der Waals surface area (Å²) in [6, 6.07) is 4.92. The van der Waals surface area contributed by atoms with Crippen molar-refractivity contribution in [2.75, 3.05) is 11.9 Å². The van der Waals surface area contributed by atoms with E-state index < -0.39 is 12.8 Å². The van der Waals surface area contributed by atoms with Crippen LogP contribution in [0.2, 0.25) is 0 Å². The normalized spacial score (nSPS) is 15.0. The fraction of sp³-hybridized carbons (Fsp3) is 0.389. The van der Waals surface area contributed by atoms with Crippen molar-refractivity contribution in [3.05, 3.63) is 47.9 Å². The smallest absolute Gasteiger partial charge is 0.422 e. The molecule has 0 bridgehead atoms. The average molecular weight is 365 g/mol. The van der Waals surface area contributed by atoms with Gasteiger partial charge in [0, 0.05) is 18.0 Å². The molecule has 1 aliphatic carbocycles. The Morgan fingerprint density at radius 1 is 1.27 bits per heavy atom. The lowest BCUT2D eigenvalue weighted by Gasteiger charge is -2.17. The SMILES string of the molecule is O=C(Nc1cnc(OCC(F)(F)F)c(C2CCCC2)c1)c1cccnc1. The first kappa shape index (κ1) is 18.2. The van der Waals surface area contributed by atoms with Gasteiger partial charge in [-0.25, -0.2) is 4.98 Å². The topological polar surface area (TPSA) is 64.1 Å². The molecular formula is C18H18F3N3O2. The molecule has 1 amide bonds. The van der Waals surface area contributed by atoms with E-state index in [-0.39, 0.29) is 17.7 Å². The second kappa shape index (κ2) is 7.72. The van der Waals surface area contributed by atoms with Gasteiger partial charge in [-0.15, -0.1) is 0 Å². The third-order valence-corrected chi connectivity index (χ3v) is 4.23. The minimum absolute atomic E-state index is 0.0198. The van der Waals surface area contributed by atoms with Crippen LogP contribution in [0.1, 0.15) is 47.5 Å². The molecule has 8 heteroatoms. The maximum atomic E-state index is 12.5. The zero-order valence-corrected chi connectivity index (χ0v) is 13.9. The number of alkyl halides is 3. The molecule has 0 saturated heterocycles. The van der Waals surface area contributed by atoms with Crippen molar-refractivity contribution in [2.45, 2.75) is 37.8 Å². The molecule has 3 rings (SSSR count). The molecule has 0 spiro atoms. The van der Waals surface area contributed by atoms with Crippen molar-refractivity contribution >= 4 is 11.6 Å². The van der Waals surface area contributed by atoms with Crippen molar-refractivity contribution in [2.24, 2.45) is 0 Å². The highest BCUT2D eigenvalue weighted by atomic mass is 19.4. The number of pyridine rings is 2. The molecule has 1 fully saturated rings. The van der Waals surface area contributed by atoms with Crippen LogP contribution in [0.25, 0.3) is 0 Å². The van der Waals surface area contributed by atoms with Crippen LogP contribution in [-0.4, -0.2) is 28.7 Å².